The van der Waals surface area contributed by atoms with Gasteiger partial charge in [0.15, 0.2) is 17.2 Å². The summed E-state index contributed by atoms with van der Waals surface area (Å²) in [4.78, 5) is 21.9. The van der Waals surface area contributed by atoms with Crippen molar-refractivity contribution in [1.29, 1.82) is 0 Å². The molecule has 8 heteroatoms. The topological polar surface area (TPSA) is 74.6 Å². The maximum absolute atomic E-state index is 6.28. The van der Waals surface area contributed by atoms with Crippen LogP contribution in [0.2, 0.25) is 0 Å². The highest BCUT2D eigenvalue weighted by atomic mass is 32.2. The van der Waals surface area contributed by atoms with E-state index in [0.717, 1.165) is 33.2 Å². The van der Waals surface area contributed by atoms with Gasteiger partial charge in [0.2, 0.25) is 11.8 Å². The van der Waals surface area contributed by atoms with Gasteiger partial charge in [-0.15, -0.1) is 11.8 Å². The van der Waals surface area contributed by atoms with Gasteiger partial charge >= 0.3 is 0 Å². The SMILES string of the molecule is C1=CC2Sc3cccc4c5c6ccccc6n(-c6nc(-c7ccccc7)nc(-c7cccc8oc(-c9ccccc9)nc78)n6)c5n(c34)C2C=C1. The number of thioether (sulfide) groups is 1. The van der Waals surface area contributed by atoms with Gasteiger partial charge in [0.25, 0.3) is 0 Å². The number of benzene rings is 5. The van der Waals surface area contributed by atoms with Gasteiger partial charge in [-0.1, -0.05) is 109 Å². The molecule has 0 saturated carbocycles. The van der Waals surface area contributed by atoms with E-state index in [2.05, 4.69) is 75.9 Å². The van der Waals surface area contributed by atoms with Crippen LogP contribution in [0.25, 0.3) is 84.1 Å². The fourth-order valence-corrected chi connectivity index (χ4v) is 8.88. The molecule has 7 nitrogen and oxygen atoms in total. The molecule has 0 saturated heterocycles. The molecule has 0 bridgehead atoms. The van der Waals surface area contributed by atoms with Gasteiger partial charge in [0.1, 0.15) is 11.2 Å². The van der Waals surface area contributed by atoms with Crippen LogP contribution in [0.15, 0.2) is 155 Å². The van der Waals surface area contributed by atoms with Crippen LogP contribution < -0.4 is 0 Å². The lowest BCUT2D eigenvalue weighted by Gasteiger charge is -2.32. The molecule has 0 radical (unpaired) electrons. The molecule has 5 heterocycles. The molecule has 0 spiro atoms. The monoisotopic (exact) mass is 662 g/mol. The van der Waals surface area contributed by atoms with Crippen LogP contribution in [-0.4, -0.2) is 34.3 Å². The number of hydrogen-bond donors (Lipinski definition) is 0. The van der Waals surface area contributed by atoms with Gasteiger partial charge in [0, 0.05) is 37.7 Å². The normalized spacial score (nSPS) is 16.6. The number of nitrogens with zero attached hydrogens (tertiary/aromatic N) is 6. The Balaban J connectivity index is 1.24. The number of allylic oxidation sites excluding steroid dienone is 3. The number of aromatic nitrogens is 6. The standard InChI is InChI=1S/C42H26N6OS/c1-3-13-25(14-4-1)38-44-39(29-19-11-22-32-36(29)43-40(49-32)26-15-5-2-6-16-26)46-42(45-38)48-30-20-8-7-17-27(30)35-28-18-12-24-34-37(28)47(41(35)48)31-21-9-10-23-33(31)50-34/h1-24,31,33H. The number of fused-ring (bicyclic) bond motifs is 8. The summed E-state index contributed by atoms with van der Waals surface area (Å²) < 4.78 is 11.0. The fourth-order valence-electron chi connectivity index (χ4n) is 7.58. The minimum absolute atomic E-state index is 0.137. The summed E-state index contributed by atoms with van der Waals surface area (Å²) in [6.07, 6.45) is 8.95. The molecule has 1 aliphatic carbocycles. The van der Waals surface area contributed by atoms with Crippen molar-refractivity contribution in [2.24, 2.45) is 0 Å². The Morgan fingerprint density at radius 2 is 1.36 bits per heavy atom. The Morgan fingerprint density at radius 3 is 2.24 bits per heavy atom. The van der Waals surface area contributed by atoms with Gasteiger partial charge < -0.3 is 8.98 Å². The van der Waals surface area contributed by atoms with E-state index in [0.29, 0.717) is 34.6 Å². The minimum Gasteiger partial charge on any atom is -0.436 e. The third-order valence-electron chi connectivity index (χ3n) is 9.74. The van der Waals surface area contributed by atoms with Crippen molar-refractivity contribution in [2.45, 2.75) is 16.2 Å². The van der Waals surface area contributed by atoms with Gasteiger partial charge in [-0.05, 0) is 36.4 Å². The summed E-state index contributed by atoms with van der Waals surface area (Å²) >= 11 is 1.93. The Morgan fingerprint density at radius 1 is 0.620 bits per heavy atom. The summed E-state index contributed by atoms with van der Waals surface area (Å²) in [5, 5.41) is 3.88. The van der Waals surface area contributed by atoms with Crippen molar-refractivity contribution in [3.05, 3.63) is 146 Å². The molecule has 2 unspecified atom stereocenters. The lowest BCUT2D eigenvalue weighted by Crippen LogP contribution is -2.24. The largest absolute Gasteiger partial charge is 0.436 e. The molecule has 50 heavy (non-hydrogen) atoms. The van der Waals surface area contributed by atoms with Crippen LogP contribution in [0.3, 0.4) is 0 Å². The third kappa shape index (κ3) is 3.99. The summed E-state index contributed by atoms with van der Waals surface area (Å²) in [5.74, 6) is 2.22. The quantitative estimate of drug-likeness (QED) is 0.187. The smallest absolute Gasteiger partial charge is 0.239 e. The zero-order chi connectivity index (χ0) is 32.8. The van der Waals surface area contributed by atoms with Crippen LogP contribution in [-0.2, 0) is 0 Å². The zero-order valence-electron chi connectivity index (χ0n) is 26.5. The second kappa shape index (κ2) is 10.6. The summed E-state index contributed by atoms with van der Waals surface area (Å²) in [7, 11) is 0. The molecule has 11 rings (SSSR count). The Bertz CT molecular complexity index is 2870. The molecular weight excluding hydrogens is 637 g/mol. The lowest BCUT2D eigenvalue weighted by atomic mass is 10.1. The Labute approximate surface area is 290 Å². The second-order valence-corrected chi connectivity index (χ2v) is 13.8. The molecule has 5 aromatic carbocycles. The molecular formula is C42H26N6OS. The zero-order valence-corrected chi connectivity index (χ0v) is 27.3. The third-order valence-corrected chi connectivity index (χ3v) is 11.0. The predicted octanol–water partition coefficient (Wildman–Crippen LogP) is 10.2. The van der Waals surface area contributed by atoms with E-state index in [1.807, 2.05) is 90.6 Å². The van der Waals surface area contributed by atoms with Gasteiger partial charge in [-0.3, -0.25) is 4.57 Å². The van der Waals surface area contributed by atoms with E-state index in [9.17, 15) is 0 Å². The Kier molecular flexibility index (Phi) is 5.88. The summed E-state index contributed by atoms with van der Waals surface area (Å²) in [6.45, 7) is 0. The molecule has 0 amide bonds. The summed E-state index contributed by atoms with van der Waals surface area (Å²) in [6, 6.07) is 41.4. The lowest BCUT2D eigenvalue weighted by molar-refractivity contribution is 0.620. The van der Waals surface area contributed by atoms with Crippen molar-refractivity contribution in [3.63, 3.8) is 0 Å². The average Bonchev–Trinajstić information content (AvgIpc) is 3.87. The first-order chi connectivity index (χ1) is 24.8. The molecule has 4 aromatic heterocycles. The van der Waals surface area contributed by atoms with Crippen molar-refractivity contribution in [2.75, 3.05) is 0 Å². The summed E-state index contributed by atoms with van der Waals surface area (Å²) in [5.41, 5.74) is 7.35. The maximum atomic E-state index is 6.28. The molecule has 9 aromatic rings. The van der Waals surface area contributed by atoms with E-state index in [4.69, 9.17) is 24.4 Å². The number of rotatable bonds is 4. The number of oxazole rings is 1. The van der Waals surface area contributed by atoms with Crippen molar-refractivity contribution >= 4 is 55.7 Å². The number of hydrogen-bond acceptors (Lipinski definition) is 6. The fraction of sp³-hybridized carbons (Fsp3) is 0.0476. The minimum atomic E-state index is 0.137. The molecule has 2 aliphatic rings. The average molecular weight is 663 g/mol. The van der Waals surface area contributed by atoms with Crippen molar-refractivity contribution < 1.29 is 4.42 Å². The molecule has 0 N–H and O–H groups in total. The van der Waals surface area contributed by atoms with Crippen LogP contribution >= 0.6 is 11.8 Å². The van der Waals surface area contributed by atoms with Crippen molar-refractivity contribution in [3.8, 4) is 40.2 Å². The van der Waals surface area contributed by atoms with E-state index < -0.39 is 0 Å². The molecule has 236 valence electrons. The first-order valence-electron chi connectivity index (χ1n) is 16.6. The highest BCUT2D eigenvalue weighted by molar-refractivity contribution is 8.00. The molecule has 0 fully saturated rings. The first-order valence-corrected chi connectivity index (χ1v) is 17.5. The van der Waals surface area contributed by atoms with Gasteiger partial charge in [-0.25, -0.2) is 9.97 Å². The number of para-hydroxylation sites is 3. The molecule has 1 aliphatic heterocycles. The maximum Gasteiger partial charge on any atom is 0.239 e. The van der Waals surface area contributed by atoms with Gasteiger partial charge in [0.05, 0.1) is 22.3 Å². The van der Waals surface area contributed by atoms with Crippen LogP contribution in [0.5, 0.6) is 0 Å². The van der Waals surface area contributed by atoms with E-state index in [1.54, 1.807) is 0 Å². The van der Waals surface area contributed by atoms with Crippen molar-refractivity contribution in [1.82, 2.24) is 29.1 Å². The first kappa shape index (κ1) is 27.7. The van der Waals surface area contributed by atoms with Gasteiger partial charge in [-0.2, -0.15) is 9.97 Å². The second-order valence-electron chi connectivity index (χ2n) is 12.6. The van der Waals surface area contributed by atoms with E-state index in [1.165, 1.54) is 21.2 Å². The van der Waals surface area contributed by atoms with Crippen LogP contribution in [0.4, 0.5) is 0 Å². The van der Waals surface area contributed by atoms with E-state index in [-0.39, 0.29) is 11.3 Å². The van der Waals surface area contributed by atoms with E-state index >= 15 is 0 Å². The highest BCUT2D eigenvalue weighted by Crippen LogP contribution is 2.50. The predicted molar refractivity (Wildman–Crippen MR) is 200 cm³/mol. The highest BCUT2D eigenvalue weighted by Gasteiger charge is 2.34. The van der Waals surface area contributed by atoms with Crippen LogP contribution in [0.1, 0.15) is 6.04 Å². The molecule has 2 atom stereocenters. The Hall–Kier alpha value is -6.25. The van der Waals surface area contributed by atoms with Crippen LogP contribution in [0, 0.1) is 0 Å².